The van der Waals surface area contributed by atoms with Crippen LogP contribution < -0.4 is 5.73 Å². The normalized spacial score (nSPS) is 32.1. The Labute approximate surface area is 81.6 Å². The zero-order valence-electron chi connectivity index (χ0n) is 7.66. The molecule has 13 heavy (non-hydrogen) atoms. The van der Waals surface area contributed by atoms with Crippen molar-refractivity contribution in [3.8, 4) is 0 Å². The minimum Gasteiger partial charge on any atom is -0.375 e. The van der Waals surface area contributed by atoms with Gasteiger partial charge in [-0.1, -0.05) is 0 Å². The van der Waals surface area contributed by atoms with E-state index in [-0.39, 0.29) is 0 Å². The summed E-state index contributed by atoms with van der Waals surface area (Å²) in [6.45, 7) is 0. The van der Waals surface area contributed by atoms with Gasteiger partial charge in [-0.05, 0) is 19.9 Å². The number of fused-ring (bicyclic) bond motifs is 4. The van der Waals surface area contributed by atoms with Gasteiger partial charge in [0.2, 0.25) is 0 Å². The van der Waals surface area contributed by atoms with Crippen molar-refractivity contribution >= 4 is 16.5 Å². The van der Waals surface area contributed by atoms with Gasteiger partial charge in [0.1, 0.15) is 0 Å². The summed E-state index contributed by atoms with van der Waals surface area (Å²) in [5.41, 5.74) is 7.00. The van der Waals surface area contributed by atoms with Crippen LogP contribution in [0.3, 0.4) is 0 Å². The maximum atomic E-state index is 5.72. The van der Waals surface area contributed by atoms with Crippen molar-refractivity contribution in [3.63, 3.8) is 0 Å². The maximum Gasteiger partial charge on any atom is 0.180 e. The van der Waals surface area contributed by atoms with E-state index in [0.29, 0.717) is 6.04 Å². The van der Waals surface area contributed by atoms with Crippen LogP contribution in [-0.2, 0) is 6.42 Å². The Morgan fingerprint density at radius 3 is 3.23 bits per heavy atom. The average molecular weight is 195 g/mol. The van der Waals surface area contributed by atoms with Crippen LogP contribution in [0.25, 0.3) is 0 Å². The summed E-state index contributed by atoms with van der Waals surface area (Å²) in [7, 11) is 2.22. The van der Waals surface area contributed by atoms with Gasteiger partial charge < -0.3 is 5.73 Å². The number of nitrogen functional groups attached to an aromatic ring is 1. The van der Waals surface area contributed by atoms with E-state index in [4.69, 9.17) is 5.73 Å². The van der Waals surface area contributed by atoms with Gasteiger partial charge in [-0.15, -0.1) is 11.3 Å². The van der Waals surface area contributed by atoms with E-state index < -0.39 is 0 Å². The zero-order valence-corrected chi connectivity index (χ0v) is 8.47. The van der Waals surface area contributed by atoms with E-state index in [0.717, 1.165) is 17.6 Å². The molecule has 0 radical (unpaired) electrons. The molecule has 70 valence electrons. The first-order valence-electron chi connectivity index (χ1n) is 4.72. The summed E-state index contributed by atoms with van der Waals surface area (Å²) in [4.78, 5) is 8.31. The number of hydrogen-bond donors (Lipinski definition) is 1. The predicted molar refractivity (Wildman–Crippen MR) is 53.8 cm³/mol. The van der Waals surface area contributed by atoms with Crippen molar-refractivity contribution in [2.24, 2.45) is 0 Å². The summed E-state index contributed by atoms with van der Waals surface area (Å²) in [5.74, 6) is 0. The second-order valence-electron chi connectivity index (χ2n) is 3.98. The van der Waals surface area contributed by atoms with Crippen LogP contribution in [0.15, 0.2) is 0 Å². The van der Waals surface area contributed by atoms with Crippen LogP contribution in [0.5, 0.6) is 0 Å². The Bertz CT molecular complexity index is 347. The summed E-state index contributed by atoms with van der Waals surface area (Å²) < 4.78 is 0. The predicted octanol–water partition coefficient (Wildman–Crippen LogP) is 1.42. The van der Waals surface area contributed by atoms with Crippen molar-refractivity contribution < 1.29 is 0 Å². The van der Waals surface area contributed by atoms with Crippen molar-refractivity contribution in [1.82, 2.24) is 9.88 Å². The molecule has 2 N–H and O–H groups in total. The van der Waals surface area contributed by atoms with Gasteiger partial charge in [0, 0.05) is 23.4 Å². The lowest BCUT2D eigenvalue weighted by atomic mass is 10.1. The van der Waals surface area contributed by atoms with Gasteiger partial charge in [0.05, 0.1) is 5.69 Å². The number of likely N-dealkylation sites (N-methyl/N-ethyl adjacent to an activating group) is 1. The molecule has 1 saturated heterocycles. The van der Waals surface area contributed by atoms with Crippen LogP contribution >= 0.6 is 11.3 Å². The van der Waals surface area contributed by atoms with Gasteiger partial charge in [-0.25, -0.2) is 4.98 Å². The summed E-state index contributed by atoms with van der Waals surface area (Å²) in [5, 5.41) is 0.742. The molecule has 3 heterocycles. The van der Waals surface area contributed by atoms with Crippen molar-refractivity contribution in [3.05, 3.63) is 10.6 Å². The van der Waals surface area contributed by atoms with Gasteiger partial charge in [0.25, 0.3) is 0 Å². The van der Waals surface area contributed by atoms with E-state index in [9.17, 15) is 0 Å². The van der Waals surface area contributed by atoms with Crippen LogP contribution in [-0.4, -0.2) is 23.0 Å². The highest BCUT2D eigenvalue weighted by atomic mass is 32.1. The fourth-order valence-corrected chi connectivity index (χ4v) is 3.63. The van der Waals surface area contributed by atoms with Gasteiger partial charge in [0.15, 0.2) is 5.13 Å². The lowest BCUT2D eigenvalue weighted by molar-refractivity contribution is 0.226. The van der Waals surface area contributed by atoms with Crippen LogP contribution in [0, 0.1) is 0 Å². The van der Waals surface area contributed by atoms with E-state index in [1.807, 2.05) is 0 Å². The molecule has 0 amide bonds. The molecule has 2 atom stereocenters. The maximum absolute atomic E-state index is 5.72. The zero-order chi connectivity index (χ0) is 9.00. The Morgan fingerprint density at radius 1 is 1.54 bits per heavy atom. The molecular weight excluding hydrogens is 182 g/mol. The van der Waals surface area contributed by atoms with Crippen LogP contribution in [0.4, 0.5) is 5.13 Å². The fourth-order valence-electron chi connectivity index (χ4n) is 2.59. The van der Waals surface area contributed by atoms with Crippen LogP contribution in [0.1, 0.15) is 29.5 Å². The Balaban J connectivity index is 2.11. The summed E-state index contributed by atoms with van der Waals surface area (Å²) in [6.07, 6.45) is 3.72. The van der Waals surface area contributed by atoms with Gasteiger partial charge >= 0.3 is 0 Å². The molecule has 4 heteroatoms. The first-order valence-corrected chi connectivity index (χ1v) is 5.54. The molecule has 0 aromatic carbocycles. The molecule has 2 aliphatic heterocycles. The molecule has 1 aromatic heterocycles. The largest absolute Gasteiger partial charge is 0.375 e. The third kappa shape index (κ3) is 0.957. The Kier molecular flexibility index (Phi) is 1.46. The van der Waals surface area contributed by atoms with Gasteiger partial charge in [-0.2, -0.15) is 0 Å². The van der Waals surface area contributed by atoms with Crippen molar-refractivity contribution in [1.29, 1.82) is 0 Å². The highest BCUT2D eigenvalue weighted by molar-refractivity contribution is 7.15. The minimum absolute atomic E-state index is 0.614. The molecule has 1 aromatic rings. The molecule has 0 aliphatic carbocycles. The molecule has 0 spiro atoms. The number of aromatic nitrogens is 1. The number of nitrogens with zero attached hydrogens (tertiary/aromatic N) is 2. The molecule has 0 saturated carbocycles. The van der Waals surface area contributed by atoms with E-state index in [2.05, 4.69) is 16.9 Å². The third-order valence-electron chi connectivity index (χ3n) is 3.32. The summed E-state index contributed by atoms with van der Waals surface area (Å²) >= 11 is 1.68. The molecule has 2 bridgehead atoms. The van der Waals surface area contributed by atoms with Gasteiger partial charge in [-0.3, -0.25) is 4.90 Å². The SMILES string of the molecule is CN1[C@@H]2CC[C@@H]1c1sc(N)nc1C2. The first-order chi connectivity index (χ1) is 6.25. The lowest BCUT2D eigenvalue weighted by Gasteiger charge is -2.29. The van der Waals surface area contributed by atoms with Crippen molar-refractivity contribution in [2.75, 3.05) is 12.8 Å². The molecular formula is C9H13N3S. The third-order valence-corrected chi connectivity index (χ3v) is 4.34. The standard InChI is InChI=1S/C9H13N3S/c1-12-5-2-3-7(12)8-6(4-5)11-9(10)13-8/h5,7H,2-4H2,1H3,(H2,10,11)/t5-,7-/m1/s1. The number of hydrogen-bond acceptors (Lipinski definition) is 4. The van der Waals surface area contributed by atoms with E-state index in [1.54, 1.807) is 11.3 Å². The average Bonchev–Trinajstić information content (AvgIpc) is 2.54. The molecule has 1 fully saturated rings. The fraction of sp³-hybridized carbons (Fsp3) is 0.667. The number of thiazole rings is 1. The highest BCUT2D eigenvalue weighted by Crippen LogP contribution is 2.45. The Hall–Kier alpha value is -0.610. The highest BCUT2D eigenvalue weighted by Gasteiger charge is 2.39. The van der Waals surface area contributed by atoms with Crippen molar-refractivity contribution in [2.45, 2.75) is 31.3 Å². The van der Waals surface area contributed by atoms with Crippen LogP contribution in [0.2, 0.25) is 0 Å². The first kappa shape index (κ1) is 7.76. The monoisotopic (exact) mass is 195 g/mol. The molecule has 3 nitrogen and oxygen atoms in total. The minimum atomic E-state index is 0.614. The van der Waals surface area contributed by atoms with E-state index in [1.165, 1.54) is 23.4 Å². The molecule has 3 rings (SSSR count). The number of anilines is 1. The lowest BCUT2D eigenvalue weighted by Crippen LogP contribution is -2.33. The number of rotatable bonds is 0. The van der Waals surface area contributed by atoms with E-state index >= 15 is 0 Å². The Morgan fingerprint density at radius 2 is 2.38 bits per heavy atom. The summed E-state index contributed by atoms with van der Waals surface area (Å²) in [6, 6.07) is 1.34. The smallest absolute Gasteiger partial charge is 0.180 e. The second-order valence-corrected chi connectivity index (χ2v) is 5.04. The topological polar surface area (TPSA) is 42.1 Å². The molecule has 0 unspecified atom stereocenters. The number of nitrogens with two attached hydrogens (primary N) is 1. The quantitative estimate of drug-likeness (QED) is 0.680. The second kappa shape index (κ2) is 2.45. The molecule has 2 aliphatic rings.